The fraction of sp³-hybridized carbons (Fsp3) is 1.00. The molecule has 0 aliphatic heterocycles. The molecule has 0 aromatic rings. The van der Waals surface area contributed by atoms with Gasteiger partial charge in [-0.1, -0.05) is 19.3 Å². The summed E-state index contributed by atoms with van der Waals surface area (Å²) in [6, 6.07) is 0. The van der Waals surface area contributed by atoms with Gasteiger partial charge in [0.25, 0.3) is 0 Å². The molecule has 0 atom stereocenters. The van der Waals surface area contributed by atoms with Crippen LogP contribution in [0.3, 0.4) is 0 Å². The zero-order valence-electron chi connectivity index (χ0n) is 10.1. The van der Waals surface area contributed by atoms with Crippen molar-refractivity contribution in [1.29, 1.82) is 0 Å². The number of hydrogen-bond acceptors (Lipinski definition) is 2. The highest BCUT2D eigenvalue weighted by atomic mass is 16.5. The topological polar surface area (TPSA) is 21.3 Å². The van der Waals surface area contributed by atoms with Gasteiger partial charge in [-0.25, -0.2) is 0 Å². The van der Waals surface area contributed by atoms with Crippen molar-refractivity contribution in [3.05, 3.63) is 0 Å². The van der Waals surface area contributed by atoms with Crippen LogP contribution in [0.1, 0.15) is 44.9 Å². The molecule has 2 aliphatic rings. The van der Waals surface area contributed by atoms with Crippen molar-refractivity contribution in [1.82, 2.24) is 5.32 Å². The van der Waals surface area contributed by atoms with Gasteiger partial charge < -0.3 is 10.1 Å². The first kappa shape index (κ1) is 11.4. The smallest absolute Gasteiger partial charge is 0.0587 e. The maximum Gasteiger partial charge on any atom is 0.0587 e. The number of hydrogen-bond donors (Lipinski definition) is 1. The predicted molar refractivity (Wildman–Crippen MR) is 63.0 cm³/mol. The van der Waals surface area contributed by atoms with Gasteiger partial charge in [0.05, 0.1) is 6.61 Å². The van der Waals surface area contributed by atoms with E-state index in [1.165, 1.54) is 51.5 Å². The van der Waals surface area contributed by atoms with Crippen LogP contribution < -0.4 is 5.32 Å². The van der Waals surface area contributed by atoms with E-state index in [1.807, 2.05) is 0 Å². The van der Waals surface area contributed by atoms with E-state index in [0.29, 0.717) is 5.41 Å². The van der Waals surface area contributed by atoms with Crippen LogP contribution in [-0.2, 0) is 4.74 Å². The summed E-state index contributed by atoms with van der Waals surface area (Å²) in [7, 11) is 1.78. The van der Waals surface area contributed by atoms with Gasteiger partial charge in [0.1, 0.15) is 0 Å². The number of ether oxygens (including phenoxy) is 1. The molecule has 0 saturated heterocycles. The fourth-order valence-corrected chi connectivity index (χ4v) is 3.19. The lowest BCUT2D eigenvalue weighted by Gasteiger charge is -2.38. The van der Waals surface area contributed by atoms with Gasteiger partial charge in [-0.15, -0.1) is 0 Å². The Bertz CT molecular complexity index is 183. The molecule has 0 amide bonds. The minimum atomic E-state index is 0.673. The molecular formula is C13H25NO. The summed E-state index contributed by atoms with van der Waals surface area (Å²) in [6.45, 7) is 3.10. The molecule has 0 aromatic heterocycles. The zero-order valence-corrected chi connectivity index (χ0v) is 10.1. The van der Waals surface area contributed by atoms with Crippen LogP contribution in [0.2, 0.25) is 0 Å². The Morgan fingerprint density at radius 2 is 1.93 bits per heavy atom. The minimum absolute atomic E-state index is 0.673. The van der Waals surface area contributed by atoms with E-state index in [2.05, 4.69) is 5.32 Å². The lowest BCUT2D eigenvalue weighted by molar-refractivity contribution is 0.139. The maximum absolute atomic E-state index is 5.08. The van der Waals surface area contributed by atoms with Crippen LogP contribution in [0, 0.1) is 11.3 Å². The molecular weight excluding hydrogens is 186 g/mol. The van der Waals surface area contributed by atoms with Crippen molar-refractivity contribution >= 4 is 0 Å². The molecule has 2 fully saturated rings. The molecule has 0 aromatic carbocycles. The lowest BCUT2D eigenvalue weighted by Crippen LogP contribution is -2.39. The first-order chi connectivity index (χ1) is 7.37. The van der Waals surface area contributed by atoms with Gasteiger partial charge >= 0.3 is 0 Å². The molecule has 88 valence electrons. The van der Waals surface area contributed by atoms with Gasteiger partial charge in [-0.05, 0) is 37.0 Å². The molecule has 0 radical (unpaired) electrons. The molecule has 0 bridgehead atoms. The highest BCUT2D eigenvalue weighted by molar-refractivity contribution is 4.96. The quantitative estimate of drug-likeness (QED) is 0.682. The van der Waals surface area contributed by atoms with Crippen LogP contribution in [-0.4, -0.2) is 26.8 Å². The molecule has 0 unspecified atom stereocenters. The normalized spacial score (nSPS) is 25.4. The van der Waals surface area contributed by atoms with Crippen LogP contribution in [0.4, 0.5) is 0 Å². The summed E-state index contributed by atoms with van der Waals surface area (Å²) < 4.78 is 5.08. The van der Waals surface area contributed by atoms with Crippen molar-refractivity contribution in [3.63, 3.8) is 0 Å². The standard InChI is InChI=1S/C13H25NO/c1-15-10-9-14-11-13(12-5-6-12)7-3-2-4-8-13/h12,14H,2-11H2,1H3. The van der Waals surface area contributed by atoms with Crippen molar-refractivity contribution < 1.29 is 4.74 Å². The largest absolute Gasteiger partial charge is 0.383 e. The molecule has 0 spiro atoms. The Morgan fingerprint density at radius 1 is 1.20 bits per heavy atom. The van der Waals surface area contributed by atoms with E-state index in [4.69, 9.17) is 4.74 Å². The monoisotopic (exact) mass is 211 g/mol. The number of nitrogens with one attached hydrogen (secondary N) is 1. The minimum Gasteiger partial charge on any atom is -0.383 e. The van der Waals surface area contributed by atoms with E-state index in [0.717, 1.165) is 19.1 Å². The molecule has 2 saturated carbocycles. The first-order valence-electron chi connectivity index (χ1n) is 6.57. The highest BCUT2D eigenvalue weighted by Gasteiger charge is 2.44. The molecule has 2 rings (SSSR count). The number of rotatable bonds is 6. The maximum atomic E-state index is 5.08. The van der Waals surface area contributed by atoms with E-state index < -0.39 is 0 Å². The van der Waals surface area contributed by atoms with Crippen molar-refractivity contribution in [2.75, 3.05) is 26.8 Å². The third-order valence-corrected chi connectivity index (χ3v) is 4.25. The Morgan fingerprint density at radius 3 is 2.53 bits per heavy atom. The zero-order chi connectivity index (χ0) is 10.6. The summed E-state index contributed by atoms with van der Waals surface area (Å²) in [6.07, 6.45) is 10.3. The van der Waals surface area contributed by atoms with Crippen molar-refractivity contribution in [3.8, 4) is 0 Å². The second kappa shape index (κ2) is 5.31. The third kappa shape index (κ3) is 2.94. The third-order valence-electron chi connectivity index (χ3n) is 4.25. The van der Waals surface area contributed by atoms with Crippen molar-refractivity contribution in [2.24, 2.45) is 11.3 Å². The van der Waals surface area contributed by atoms with Crippen LogP contribution in [0.15, 0.2) is 0 Å². The van der Waals surface area contributed by atoms with Gasteiger partial charge in [-0.3, -0.25) is 0 Å². The van der Waals surface area contributed by atoms with Crippen LogP contribution in [0.25, 0.3) is 0 Å². The summed E-state index contributed by atoms with van der Waals surface area (Å²) >= 11 is 0. The fourth-order valence-electron chi connectivity index (χ4n) is 3.19. The molecule has 2 nitrogen and oxygen atoms in total. The van der Waals surface area contributed by atoms with E-state index in [9.17, 15) is 0 Å². The second-order valence-corrected chi connectivity index (χ2v) is 5.37. The average molecular weight is 211 g/mol. The van der Waals surface area contributed by atoms with Crippen molar-refractivity contribution in [2.45, 2.75) is 44.9 Å². The second-order valence-electron chi connectivity index (χ2n) is 5.37. The van der Waals surface area contributed by atoms with E-state index in [-0.39, 0.29) is 0 Å². The predicted octanol–water partition coefficient (Wildman–Crippen LogP) is 2.58. The van der Waals surface area contributed by atoms with E-state index in [1.54, 1.807) is 7.11 Å². The molecule has 2 heteroatoms. The number of methoxy groups -OCH3 is 1. The Kier molecular flexibility index (Phi) is 4.04. The summed E-state index contributed by atoms with van der Waals surface area (Å²) in [5, 5.41) is 3.59. The lowest BCUT2D eigenvalue weighted by atomic mass is 9.70. The molecule has 1 N–H and O–H groups in total. The van der Waals surface area contributed by atoms with Gasteiger partial charge in [0.2, 0.25) is 0 Å². The SMILES string of the molecule is COCCNCC1(C2CC2)CCCCC1. The molecule has 2 aliphatic carbocycles. The van der Waals surface area contributed by atoms with Gasteiger partial charge in [0, 0.05) is 20.2 Å². The van der Waals surface area contributed by atoms with E-state index >= 15 is 0 Å². The highest BCUT2D eigenvalue weighted by Crippen LogP contribution is 2.53. The Hall–Kier alpha value is -0.0800. The average Bonchev–Trinajstić information content (AvgIpc) is 3.10. The van der Waals surface area contributed by atoms with Crippen LogP contribution >= 0.6 is 0 Å². The Labute approximate surface area is 93.8 Å². The summed E-state index contributed by atoms with van der Waals surface area (Å²) in [4.78, 5) is 0. The first-order valence-corrected chi connectivity index (χ1v) is 6.57. The summed E-state index contributed by atoms with van der Waals surface area (Å²) in [5.74, 6) is 1.05. The molecule has 0 heterocycles. The van der Waals surface area contributed by atoms with Gasteiger partial charge in [-0.2, -0.15) is 0 Å². The molecule has 15 heavy (non-hydrogen) atoms. The summed E-state index contributed by atoms with van der Waals surface area (Å²) in [5.41, 5.74) is 0.673. The van der Waals surface area contributed by atoms with Crippen LogP contribution in [0.5, 0.6) is 0 Å². The van der Waals surface area contributed by atoms with Gasteiger partial charge in [0.15, 0.2) is 0 Å². The Balaban J connectivity index is 1.77.